The summed E-state index contributed by atoms with van der Waals surface area (Å²) < 4.78 is 0. The fourth-order valence-corrected chi connectivity index (χ4v) is 1.71. The van der Waals surface area contributed by atoms with Gasteiger partial charge >= 0.3 is 6.09 Å². The van der Waals surface area contributed by atoms with Gasteiger partial charge in [0.25, 0.3) is 0 Å². The molecule has 0 bridgehead atoms. The Balaban J connectivity index is 2.30. The van der Waals surface area contributed by atoms with Gasteiger partial charge in [-0.25, -0.2) is 4.79 Å². The molecule has 0 radical (unpaired) electrons. The van der Waals surface area contributed by atoms with Crippen LogP contribution in [0.15, 0.2) is 54.6 Å². The average molecular weight is 243 g/mol. The van der Waals surface area contributed by atoms with Crippen molar-refractivity contribution in [1.82, 2.24) is 0 Å². The van der Waals surface area contributed by atoms with E-state index in [1.54, 1.807) is 18.2 Å². The maximum atomic E-state index is 11.3. The number of phenols is 1. The van der Waals surface area contributed by atoms with E-state index in [4.69, 9.17) is 0 Å². The lowest BCUT2D eigenvalue weighted by Gasteiger charge is -2.20. The standard InChI is InChI=1S/C14H13NO3/c16-13-9-5-4-8-12(13)15(14(17)18)10-11-6-2-1-3-7-11/h1-9,16H,10H2,(H,17,18). The van der Waals surface area contributed by atoms with Gasteiger partial charge in [-0.3, -0.25) is 4.90 Å². The number of nitrogens with zero attached hydrogens (tertiary/aromatic N) is 1. The highest BCUT2D eigenvalue weighted by molar-refractivity contribution is 5.87. The average Bonchev–Trinajstić information content (AvgIpc) is 2.38. The fourth-order valence-electron chi connectivity index (χ4n) is 1.71. The zero-order valence-corrected chi connectivity index (χ0v) is 9.65. The first-order valence-electron chi connectivity index (χ1n) is 5.51. The molecule has 18 heavy (non-hydrogen) atoms. The fraction of sp³-hybridized carbons (Fsp3) is 0.0714. The van der Waals surface area contributed by atoms with Crippen molar-refractivity contribution in [2.45, 2.75) is 6.54 Å². The Labute approximate surface area is 105 Å². The van der Waals surface area contributed by atoms with Crippen molar-refractivity contribution in [3.8, 4) is 5.75 Å². The number of amides is 1. The Hall–Kier alpha value is -2.49. The van der Waals surface area contributed by atoms with Gasteiger partial charge in [-0.15, -0.1) is 0 Å². The molecule has 0 unspecified atom stereocenters. The molecule has 1 amide bonds. The Kier molecular flexibility index (Phi) is 3.48. The molecule has 0 aliphatic heterocycles. The first-order valence-corrected chi connectivity index (χ1v) is 5.51. The van der Waals surface area contributed by atoms with Crippen LogP contribution < -0.4 is 4.90 Å². The number of aromatic hydroxyl groups is 1. The number of hydrogen-bond acceptors (Lipinski definition) is 2. The minimum Gasteiger partial charge on any atom is -0.506 e. The van der Waals surface area contributed by atoms with E-state index in [0.29, 0.717) is 0 Å². The topological polar surface area (TPSA) is 60.8 Å². The van der Waals surface area contributed by atoms with Gasteiger partial charge in [0.1, 0.15) is 5.75 Å². The van der Waals surface area contributed by atoms with Gasteiger partial charge < -0.3 is 10.2 Å². The molecule has 4 heteroatoms. The summed E-state index contributed by atoms with van der Waals surface area (Å²) in [6, 6.07) is 15.6. The van der Waals surface area contributed by atoms with Crippen LogP contribution in [0.2, 0.25) is 0 Å². The zero-order valence-electron chi connectivity index (χ0n) is 9.65. The largest absolute Gasteiger partial charge is 0.506 e. The number of rotatable bonds is 3. The molecule has 2 aromatic rings. The number of para-hydroxylation sites is 2. The van der Waals surface area contributed by atoms with Gasteiger partial charge in [0, 0.05) is 0 Å². The van der Waals surface area contributed by atoms with Crippen molar-refractivity contribution >= 4 is 11.8 Å². The highest BCUT2D eigenvalue weighted by atomic mass is 16.4. The van der Waals surface area contributed by atoms with Gasteiger partial charge in [-0.2, -0.15) is 0 Å². The second-order valence-electron chi connectivity index (χ2n) is 3.84. The van der Waals surface area contributed by atoms with Crippen molar-refractivity contribution in [2.75, 3.05) is 4.90 Å². The molecule has 0 fully saturated rings. The number of carbonyl (C=O) groups is 1. The molecule has 2 aromatic carbocycles. The number of hydrogen-bond donors (Lipinski definition) is 2. The quantitative estimate of drug-likeness (QED) is 0.870. The number of phenolic OH excluding ortho intramolecular Hbond substituents is 1. The van der Waals surface area contributed by atoms with Gasteiger partial charge in [0.15, 0.2) is 0 Å². The van der Waals surface area contributed by atoms with Crippen LogP contribution in [0.1, 0.15) is 5.56 Å². The van der Waals surface area contributed by atoms with E-state index < -0.39 is 6.09 Å². The van der Waals surface area contributed by atoms with Gasteiger partial charge in [0.05, 0.1) is 12.2 Å². The molecule has 0 aromatic heterocycles. The molecule has 0 aliphatic rings. The van der Waals surface area contributed by atoms with Gasteiger partial charge in [-0.05, 0) is 17.7 Å². The Morgan fingerprint density at radius 3 is 2.22 bits per heavy atom. The van der Waals surface area contributed by atoms with Crippen molar-refractivity contribution in [3.05, 3.63) is 60.2 Å². The Morgan fingerprint density at radius 2 is 1.61 bits per heavy atom. The van der Waals surface area contributed by atoms with E-state index in [-0.39, 0.29) is 18.0 Å². The van der Waals surface area contributed by atoms with E-state index in [0.717, 1.165) is 10.5 Å². The van der Waals surface area contributed by atoms with E-state index in [9.17, 15) is 15.0 Å². The van der Waals surface area contributed by atoms with Crippen molar-refractivity contribution < 1.29 is 15.0 Å². The van der Waals surface area contributed by atoms with Crippen LogP contribution in [-0.4, -0.2) is 16.3 Å². The second kappa shape index (κ2) is 5.23. The third-order valence-corrected chi connectivity index (χ3v) is 2.59. The minimum absolute atomic E-state index is 0.0455. The lowest BCUT2D eigenvalue weighted by molar-refractivity contribution is 0.201. The first-order chi connectivity index (χ1) is 8.68. The predicted octanol–water partition coefficient (Wildman–Crippen LogP) is 3.08. The van der Waals surface area contributed by atoms with Crippen LogP contribution in [-0.2, 0) is 6.54 Å². The first kappa shape index (κ1) is 12.0. The zero-order chi connectivity index (χ0) is 13.0. The highest BCUT2D eigenvalue weighted by Gasteiger charge is 2.17. The Bertz CT molecular complexity index is 540. The molecule has 2 N–H and O–H groups in total. The number of anilines is 1. The molecule has 0 spiro atoms. The molecule has 92 valence electrons. The molecular weight excluding hydrogens is 230 g/mol. The second-order valence-corrected chi connectivity index (χ2v) is 3.84. The van der Waals surface area contributed by atoms with E-state index in [1.807, 2.05) is 30.3 Å². The summed E-state index contributed by atoms with van der Waals surface area (Å²) in [5.41, 5.74) is 1.15. The van der Waals surface area contributed by atoms with Crippen LogP contribution in [0.3, 0.4) is 0 Å². The third-order valence-electron chi connectivity index (χ3n) is 2.59. The number of carboxylic acid groups (broad SMARTS) is 1. The summed E-state index contributed by atoms with van der Waals surface area (Å²) >= 11 is 0. The summed E-state index contributed by atoms with van der Waals surface area (Å²) in [7, 11) is 0. The van der Waals surface area contributed by atoms with E-state index >= 15 is 0 Å². The predicted molar refractivity (Wildman–Crippen MR) is 68.8 cm³/mol. The lowest BCUT2D eigenvalue weighted by Crippen LogP contribution is -2.28. The summed E-state index contributed by atoms with van der Waals surface area (Å²) in [5.74, 6) is -0.0455. The normalized spacial score (nSPS) is 10.0. The molecular formula is C14H13NO3. The molecule has 0 atom stereocenters. The minimum atomic E-state index is -1.10. The summed E-state index contributed by atoms with van der Waals surface area (Å²) in [4.78, 5) is 12.4. The maximum Gasteiger partial charge on any atom is 0.412 e. The highest BCUT2D eigenvalue weighted by Crippen LogP contribution is 2.27. The lowest BCUT2D eigenvalue weighted by atomic mass is 10.2. The van der Waals surface area contributed by atoms with Crippen LogP contribution in [0.4, 0.5) is 10.5 Å². The molecule has 4 nitrogen and oxygen atoms in total. The monoisotopic (exact) mass is 243 g/mol. The molecule has 0 saturated carbocycles. The van der Waals surface area contributed by atoms with Crippen molar-refractivity contribution in [2.24, 2.45) is 0 Å². The molecule has 0 aliphatic carbocycles. The number of benzene rings is 2. The molecule has 2 rings (SSSR count). The van der Waals surface area contributed by atoms with Crippen LogP contribution in [0, 0.1) is 0 Å². The Morgan fingerprint density at radius 1 is 1.00 bits per heavy atom. The van der Waals surface area contributed by atoms with E-state index in [1.165, 1.54) is 6.07 Å². The smallest absolute Gasteiger partial charge is 0.412 e. The molecule has 0 heterocycles. The SMILES string of the molecule is O=C(O)N(Cc1ccccc1)c1ccccc1O. The maximum absolute atomic E-state index is 11.3. The van der Waals surface area contributed by atoms with Crippen molar-refractivity contribution in [3.63, 3.8) is 0 Å². The van der Waals surface area contributed by atoms with Crippen LogP contribution >= 0.6 is 0 Å². The van der Waals surface area contributed by atoms with Crippen LogP contribution in [0.25, 0.3) is 0 Å². The molecule has 0 saturated heterocycles. The summed E-state index contributed by atoms with van der Waals surface area (Å²) in [6.07, 6.45) is -1.10. The summed E-state index contributed by atoms with van der Waals surface area (Å²) in [5, 5.41) is 18.9. The van der Waals surface area contributed by atoms with Gasteiger partial charge in [0.2, 0.25) is 0 Å². The summed E-state index contributed by atoms with van der Waals surface area (Å²) in [6.45, 7) is 0.202. The van der Waals surface area contributed by atoms with Crippen LogP contribution in [0.5, 0.6) is 5.75 Å². The van der Waals surface area contributed by atoms with E-state index in [2.05, 4.69) is 0 Å². The van der Waals surface area contributed by atoms with Crippen molar-refractivity contribution in [1.29, 1.82) is 0 Å². The van der Waals surface area contributed by atoms with Gasteiger partial charge in [-0.1, -0.05) is 42.5 Å². The third kappa shape index (κ3) is 2.60.